The Morgan fingerprint density at radius 1 is 1.41 bits per heavy atom. The number of nitrogens with one attached hydrogen (secondary N) is 2. The van der Waals surface area contributed by atoms with Crippen molar-refractivity contribution in [2.45, 2.75) is 18.2 Å². The standard InChI is InChI=1S/C12H15BrN2O2/c1-3-10(13)12(17)15-9-6-4-5-8(7-9)11(16)14-2/h4-7,10H,3H2,1-2H3,(H,14,16)(H,15,17). The van der Waals surface area contributed by atoms with E-state index in [1.165, 1.54) is 0 Å². The number of benzene rings is 1. The van der Waals surface area contributed by atoms with Crippen LogP contribution in [0.4, 0.5) is 5.69 Å². The van der Waals surface area contributed by atoms with E-state index in [0.717, 1.165) is 0 Å². The molecule has 0 aliphatic heterocycles. The molecular weight excluding hydrogens is 284 g/mol. The van der Waals surface area contributed by atoms with Gasteiger partial charge >= 0.3 is 0 Å². The monoisotopic (exact) mass is 298 g/mol. The van der Waals surface area contributed by atoms with Gasteiger partial charge in [-0.2, -0.15) is 0 Å². The van der Waals surface area contributed by atoms with Crippen molar-refractivity contribution in [1.29, 1.82) is 0 Å². The molecule has 0 saturated carbocycles. The minimum absolute atomic E-state index is 0.110. The first-order chi connectivity index (χ1) is 8.08. The fraction of sp³-hybridized carbons (Fsp3) is 0.333. The number of anilines is 1. The first-order valence-electron chi connectivity index (χ1n) is 5.35. The minimum atomic E-state index is -0.217. The summed E-state index contributed by atoms with van der Waals surface area (Å²) in [6.07, 6.45) is 0.709. The van der Waals surface area contributed by atoms with Crippen molar-refractivity contribution in [3.05, 3.63) is 29.8 Å². The lowest BCUT2D eigenvalue weighted by Gasteiger charge is -2.09. The third kappa shape index (κ3) is 3.85. The smallest absolute Gasteiger partial charge is 0.251 e. The van der Waals surface area contributed by atoms with Crippen molar-refractivity contribution in [2.24, 2.45) is 0 Å². The van der Waals surface area contributed by atoms with Gasteiger partial charge in [0.25, 0.3) is 5.91 Å². The number of hydrogen-bond donors (Lipinski definition) is 2. The Morgan fingerprint density at radius 2 is 2.12 bits per heavy atom. The summed E-state index contributed by atoms with van der Waals surface area (Å²) in [5, 5.41) is 5.28. The van der Waals surface area contributed by atoms with Gasteiger partial charge in [0.05, 0.1) is 4.83 Å². The van der Waals surface area contributed by atoms with E-state index in [9.17, 15) is 9.59 Å². The maximum absolute atomic E-state index is 11.6. The Morgan fingerprint density at radius 3 is 2.71 bits per heavy atom. The third-order valence-corrected chi connectivity index (χ3v) is 3.33. The highest BCUT2D eigenvalue weighted by atomic mass is 79.9. The predicted molar refractivity (Wildman–Crippen MR) is 71.5 cm³/mol. The van der Waals surface area contributed by atoms with Crippen molar-refractivity contribution in [1.82, 2.24) is 5.32 Å². The van der Waals surface area contributed by atoms with Gasteiger partial charge in [0, 0.05) is 18.3 Å². The van der Waals surface area contributed by atoms with Gasteiger partial charge in [-0.25, -0.2) is 0 Å². The van der Waals surface area contributed by atoms with E-state index >= 15 is 0 Å². The molecule has 5 heteroatoms. The van der Waals surface area contributed by atoms with Crippen LogP contribution in [0.2, 0.25) is 0 Å². The molecule has 0 heterocycles. The molecule has 0 bridgehead atoms. The molecule has 0 aliphatic carbocycles. The zero-order valence-electron chi connectivity index (χ0n) is 9.79. The molecule has 92 valence electrons. The average molecular weight is 299 g/mol. The Bertz CT molecular complexity index is 421. The van der Waals surface area contributed by atoms with Gasteiger partial charge in [0.1, 0.15) is 0 Å². The van der Waals surface area contributed by atoms with E-state index in [-0.39, 0.29) is 16.6 Å². The number of hydrogen-bond acceptors (Lipinski definition) is 2. The molecule has 1 unspecified atom stereocenters. The molecule has 0 saturated heterocycles. The SMILES string of the molecule is CCC(Br)C(=O)Nc1cccc(C(=O)NC)c1. The zero-order chi connectivity index (χ0) is 12.8. The van der Waals surface area contributed by atoms with E-state index in [1.54, 1.807) is 31.3 Å². The molecule has 1 aromatic rings. The lowest BCUT2D eigenvalue weighted by Crippen LogP contribution is -2.22. The fourth-order valence-corrected chi connectivity index (χ4v) is 1.40. The summed E-state index contributed by atoms with van der Waals surface area (Å²) in [5.74, 6) is -0.284. The van der Waals surface area contributed by atoms with Gasteiger partial charge < -0.3 is 10.6 Å². The molecule has 1 rings (SSSR count). The molecule has 1 aromatic carbocycles. The number of amides is 2. The summed E-state index contributed by atoms with van der Waals surface area (Å²) in [6, 6.07) is 6.82. The summed E-state index contributed by atoms with van der Waals surface area (Å²) >= 11 is 3.27. The van der Waals surface area contributed by atoms with Crippen LogP contribution in [0.1, 0.15) is 23.7 Å². The fourth-order valence-electron chi connectivity index (χ4n) is 1.29. The van der Waals surface area contributed by atoms with E-state index in [4.69, 9.17) is 0 Å². The van der Waals surface area contributed by atoms with E-state index in [1.807, 2.05) is 6.92 Å². The van der Waals surface area contributed by atoms with Crippen molar-refractivity contribution in [3.63, 3.8) is 0 Å². The Kier molecular flexibility index (Phi) is 5.15. The molecule has 4 nitrogen and oxygen atoms in total. The third-order valence-electron chi connectivity index (χ3n) is 2.26. The minimum Gasteiger partial charge on any atom is -0.355 e. The summed E-state index contributed by atoms with van der Waals surface area (Å²) < 4.78 is 0. The average Bonchev–Trinajstić information content (AvgIpc) is 2.37. The molecule has 0 fully saturated rings. The van der Waals surface area contributed by atoms with Crippen LogP contribution in [0.25, 0.3) is 0 Å². The Labute approximate surface area is 109 Å². The quantitative estimate of drug-likeness (QED) is 0.837. The number of alkyl halides is 1. The maximum atomic E-state index is 11.6. The normalized spacial score (nSPS) is 11.7. The van der Waals surface area contributed by atoms with Crippen LogP contribution in [0.3, 0.4) is 0 Å². The summed E-state index contributed by atoms with van der Waals surface area (Å²) in [6.45, 7) is 1.92. The highest BCUT2D eigenvalue weighted by Crippen LogP contribution is 2.13. The first-order valence-corrected chi connectivity index (χ1v) is 6.27. The van der Waals surface area contributed by atoms with Gasteiger partial charge in [0.2, 0.25) is 5.91 Å². The van der Waals surface area contributed by atoms with Crippen molar-refractivity contribution >= 4 is 33.4 Å². The number of carbonyl (C=O) groups excluding carboxylic acids is 2. The molecule has 0 spiro atoms. The van der Waals surface area contributed by atoms with Crippen molar-refractivity contribution in [3.8, 4) is 0 Å². The Hall–Kier alpha value is -1.36. The molecule has 17 heavy (non-hydrogen) atoms. The van der Waals surface area contributed by atoms with E-state index in [2.05, 4.69) is 26.6 Å². The number of carbonyl (C=O) groups is 2. The maximum Gasteiger partial charge on any atom is 0.251 e. The lowest BCUT2D eigenvalue weighted by atomic mass is 10.2. The van der Waals surface area contributed by atoms with Gasteiger partial charge in [0.15, 0.2) is 0 Å². The number of halogens is 1. The van der Waals surface area contributed by atoms with Crippen LogP contribution in [-0.2, 0) is 4.79 Å². The Balaban J connectivity index is 2.79. The molecule has 0 aliphatic rings. The summed E-state index contributed by atoms with van der Waals surface area (Å²) in [5.41, 5.74) is 1.14. The van der Waals surface area contributed by atoms with E-state index < -0.39 is 0 Å². The molecule has 0 aromatic heterocycles. The van der Waals surface area contributed by atoms with Gasteiger partial charge in [-0.15, -0.1) is 0 Å². The van der Waals surface area contributed by atoms with Crippen LogP contribution in [-0.4, -0.2) is 23.7 Å². The first kappa shape index (κ1) is 13.7. The van der Waals surface area contributed by atoms with E-state index in [0.29, 0.717) is 17.7 Å². The molecular formula is C12H15BrN2O2. The molecule has 2 N–H and O–H groups in total. The highest BCUT2D eigenvalue weighted by Gasteiger charge is 2.12. The van der Waals surface area contributed by atoms with Crippen molar-refractivity contribution in [2.75, 3.05) is 12.4 Å². The summed E-state index contributed by atoms with van der Waals surface area (Å²) in [7, 11) is 1.57. The second-order valence-electron chi connectivity index (χ2n) is 3.52. The molecule has 1 atom stereocenters. The van der Waals surface area contributed by atoms with Crippen LogP contribution >= 0.6 is 15.9 Å². The zero-order valence-corrected chi connectivity index (χ0v) is 11.4. The van der Waals surface area contributed by atoms with Gasteiger partial charge in [-0.05, 0) is 24.6 Å². The molecule has 0 radical (unpaired) electrons. The van der Waals surface area contributed by atoms with Crippen LogP contribution < -0.4 is 10.6 Å². The van der Waals surface area contributed by atoms with Crippen LogP contribution in [0.15, 0.2) is 24.3 Å². The largest absolute Gasteiger partial charge is 0.355 e. The predicted octanol–water partition coefficient (Wildman–Crippen LogP) is 2.16. The second kappa shape index (κ2) is 6.39. The van der Waals surface area contributed by atoms with Crippen LogP contribution in [0, 0.1) is 0 Å². The van der Waals surface area contributed by atoms with Gasteiger partial charge in [-0.3, -0.25) is 9.59 Å². The lowest BCUT2D eigenvalue weighted by molar-refractivity contribution is -0.115. The van der Waals surface area contributed by atoms with Crippen LogP contribution in [0.5, 0.6) is 0 Å². The molecule has 2 amide bonds. The second-order valence-corrected chi connectivity index (χ2v) is 4.63. The number of rotatable bonds is 4. The highest BCUT2D eigenvalue weighted by molar-refractivity contribution is 9.10. The summed E-state index contributed by atoms with van der Waals surface area (Å²) in [4.78, 5) is 22.8. The van der Waals surface area contributed by atoms with Crippen molar-refractivity contribution < 1.29 is 9.59 Å². The topological polar surface area (TPSA) is 58.2 Å². The van der Waals surface area contributed by atoms with Gasteiger partial charge in [-0.1, -0.05) is 28.9 Å².